The van der Waals surface area contributed by atoms with Crippen LogP contribution in [0.4, 0.5) is 22.0 Å². The Morgan fingerprint density at radius 1 is 0.941 bits per heavy atom. The molecular weight excluding hydrogens is 786 g/mol. The van der Waals surface area contributed by atoms with Crippen LogP contribution in [0.3, 0.4) is 0 Å². The fourth-order valence-corrected chi connectivity index (χ4v) is 6.47. The zero-order valence-electron chi connectivity index (χ0n) is 26.8. The third-order valence-electron chi connectivity index (χ3n) is 8.39. The van der Waals surface area contributed by atoms with Crippen LogP contribution in [0.5, 0.6) is 0 Å². The molecule has 0 bridgehead atoms. The van der Waals surface area contributed by atoms with E-state index in [0.717, 1.165) is 29.3 Å². The van der Waals surface area contributed by atoms with E-state index in [0.29, 0.717) is 53.4 Å². The van der Waals surface area contributed by atoms with E-state index < -0.39 is 60.3 Å². The predicted molar refractivity (Wildman–Crippen MR) is 184 cm³/mol. The maximum absolute atomic E-state index is 15.9. The van der Waals surface area contributed by atoms with Crippen LogP contribution < -0.4 is 8.85 Å². The van der Waals surface area contributed by atoms with Gasteiger partial charge < -0.3 is 10.1 Å². The minimum atomic E-state index is -3.83. The van der Waals surface area contributed by atoms with Crippen molar-refractivity contribution in [1.29, 1.82) is 0 Å². The van der Waals surface area contributed by atoms with E-state index >= 15 is 8.78 Å². The Morgan fingerprint density at radius 2 is 1.71 bits per heavy atom. The van der Waals surface area contributed by atoms with Crippen LogP contribution in [0.15, 0.2) is 79.1 Å². The number of ether oxygens (including phenoxy) is 1. The van der Waals surface area contributed by atoms with Gasteiger partial charge >= 0.3 is 6.11 Å². The Labute approximate surface area is 303 Å². The fourth-order valence-electron chi connectivity index (χ4n) is 6.18. The lowest BCUT2D eigenvalue weighted by atomic mass is 9.94. The van der Waals surface area contributed by atoms with Crippen molar-refractivity contribution in [2.24, 2.45) is 0 Å². The summed E-state index contributed by atoms with van der Waals surface area (Å²) in [5.74, 6) is -3.89. The first kappa shape index (κ1) is 36.0. The lowest BCUT2D eigenvalue weighted by Gasteiger charge is -2.23. The van der Waals surface area contributed by atoms with Gasteiger partial charge in [-0.25, -0.2) is 13.2 Å². The number of fused-ring (bicyclic) bond motifs is 1. The largest absolute Gasteiger partial charge is 0.400 e. The van der Waals surface area contributed by atoms with Crippen LogP contribution >= 0.6 is 22.9 Å². The first-order valence-corrected chi connectivity index (χ1v) is 17.0. The molecule has 0 saturated heterocycles. The first-order chi connectivity index (χ1) is 24.5. The average Bonchev–Trinajstić information content (AvgIpc) is 3.49. The predicted octanol–water partition coefficient (Wildman–Crippen LogP) is 7.08. The van der Waals surface area contributed by atoms with Crippen molar-refractivity contribution in [2.45, 2.75) is 57.4 Å². The van der Waals surface area contributed by atoms with Crippen LogP contribution in [-0.4, -0.2) is 31.6 Å². The Balaban J connectivity index is 1.35. The molecule has 1 aliphatic carbocycles. The highest BCUT2D eigenvalue weighted by Gasteiger charge is 2.42. The van der Waals surface area contributed by atoms with E-state index in [4.69, 9.17) is 4.74 Å². The number of nitrogens with zero attached hydrogens (tertiary/aromatic N) is 4. The van der Waals surface area contributed by atoms with Gasteiger partial charge in [-0.1, -0.05) is 18.2 Å². The summed E-state index contributed by atoms with van der Waals surface area (Å²) in [5, 5.41) is 7.20. The molecule has 0 spiro atoms. The second-order valence-corrected chi connectivity index (χ2v) is 12.5. The molecule has 2 amide bonds. The Hall–Kier alpha value is -4.77. The molecule has 5 aromatic rings. The summed E-state index contributed by atoms with van der Waals surface area (Å²) in [6, 6.07) is 13.8. The molecule has 2 aromatic carbocycles. The van der Waals surface area contributed by atoms with Gasteiger partial charge in [0.1, 0.15) is 29.7 Å². The number of hydrogen-bond acceptors (Lipinski definition) is 6. The van der Waals surface area contributed by atoms with E-state index in [2.05, 4.69) is 23.9 Å². The summed E-state index contributed by atoms with van der Waals surface area (Å²) in [6.07, 6.45) is 1.09. The summed E-state index contributed by atoms with van der Waals surface area (Å²) in [6.45, 7) is -1.13. The van der Waals surface area contributed by atoms with Gasteiger partial charge in [-0.15, -0.1) is 0 Å². The summed E-state index contributed by atoms with van der Waals surface area (Å²) in [5.41, 5.74) is 1.42. The van der Waals surface area contributed by atoms with Crippen LogP contribution in [0.1, 0.15) is 63.1 Å². The normalized spacial score (nSPS) is 13.4. The molecule has 0 aliphatic heterocycles. The minimum Gasteiger partial charge on any atom is -0.346 e. The lowest BCUT2D eigenvalue weighted by Crippen LogP contribution is -2.35. The Morgan fingerprint density at radius 3 is 2.45 bits per heavy atom. The molecule has 1 aliphatic rings. The Kier molecular flexibility index (Phi) is 11.0. The molecule has 6 rings (SSSR count). The van der Waals surface area contributed by atoms with Gasteiger partial charge in [0.15, 0.2) is 0 Å². The average molecular weight is 817 g/mol. The number of rotatable bonds is 12. The third-order valence-corrected chi connectivity index (χ3v) is 8.88. The van der Waals surface area contributed by atoms with Crippen molar-refractivity contribution < 1.29 is 36.3 Å². The highest BCUT2D eigenvalue weighted by Crippen LogP contribution is 2.37. The molecule has 15 heteroatoms. The van der Waals surface area contributed by atoms with Crippen LogP contribution in [0, 0.1) is 17.5 Å². The topological polar surface area (TPSA) is 111 Å². The third kappa shape index (κ3) is 8.41. The summed E-state index contributed by atoms with van der Waals surface area (Å²) >= 11 is 1.59. The van der Waals surface area contributed by atoms with E-state index in [-0.39, 0.29) is 23.2 Å². The van der Waals surface area contributed by atoms with Crippen LogP contribution in [0.25, 0.3) is 11.1 Å². The van der Waals surface area contributed by atoms with Crippen LogP contribution in [-0.2, 0) is 48.1 Å². The van der Waals surface area contributed by atoms with Crippen molar-refractivity contribution in [2.75, 3.05) is 0 Å². The number of carbonyl (C=O) groups is 2. The highest BCUT2D eigenvalue weighted by molar-refractivity contribution is 14.1. The van der Waals surface area contributed by atoms with Gasteiger partial charge in [-0.05, 0) is 85.7 Å². The van der Waals surface area contributed by atoms with Gasteiger partial charge in [-0.2, -0.15) is 13.9 Å². The van der Waals surface area contributed by atoms with E-state index in [1.807, 2.05) is 0 Å². The zero-order valence-corrected chi connectivity index (χ0v) is 29.0. The second kappa shape index (κ2) is 15.6. The molecule has 264 valence electrons. The minimum absolute atomic E-state index is 0.168. The van der Waals surface area contributed by atoms with Gasteiger partial charge in [0, 0.05) is 29.6 Å². The molecule has 3 heterocycles. The maximum atomic E-state index is 15.9. The molecular formula is C36H30F5IN6O3. The van der Waals surface area contributed by atoms with Gasteiger partial charge in [0.05, 0.1) is 58.2 Å². The van der Waals surface area contributed by atoms with Gasteiger partial charge in [0.2, 0.25) is 5.91 Å². The number of aryl methyl sites for hydroxylation is 1. The molecule has 0 unspecified atom stereocenters. The zero-order chi connectivity index (χ0) is 36.1. The molecule has 51 heavy (non-hydrogen) atoms. The van der Waals surface area contributed by atoms with Gasteiger partial charge in [0.25, 0.3) is 5.91 Å². The number of amides is 2. The summed E-state index contributed by atoms with van der Waals surface area (Å²) in [7, 11) is 0. The molecule has 2 N–H and O–H groups in total. The van der Waals surface area contributed by atoms with Crippen molar-refractivity contribution in [1.82, 2.24) is 28.6 Å². The van der Waals surface area contributed by atoms with Gasteiger partial charge in [-0.3, -0.25) is 27.8 Å². The first-order valence-electron chi connectivity index (χ1n) is 15.9. The molecule has 9 nitrogen and oxygen atoms in total. The maximum Gasteiger partial charge on any atom is 0.400 e. The summed E-state index contributed by atoms with van der Waals surface area (Å²) in [4.78, 5) is 34.7. The van der Waals surface area contributed by atoms with Crippen molar-refractivity contribution in [3.05, 3.63) is 136 Å². The molecule has 1 atom stereocenters. The number of alkyl halides is 2. The molecule has 0 saturated carbocycles. The molecule has 0 fully saturated rings. The van der Waals surface area contributed by atoms with Crippen molar-refractivity contribution >= 4 is 34.7 Å². The number of halogens is 6. The number of aromatic nitrogens is 4. The lowest BCUT2D eigenvalue weighted by molar-refractivity contribution is -0.261. The number of benzene rings is 2. The quantitative estimate of drug-likeness (QED) is 0.0792. The number of pyridine rings is 2. The summed E-state index contributed by atoms with van der Waals surface area (Å²) < 4.78 is 83.3. The van der Waals surface area contributed by atoms with Crippen LogP contribution in [0.2, 0.25) is 0 Å². The molecule has 3 aromatic heterocycles. The monoisotopic (exact) mass is 816 g/mol. The smallest absolute Gasteiger partial charge is 0.346 e. The highest BCUT2D eigenvalue weighted by atomic mass is 127. The van der Waals surface area contributed by atoms with Crippen molar-refractivity contribution in [3.8, 4) is 11.1 Å². The number of nitrogens with one attached hydrogen (secondary N) is 2. The second-order valence-electron chi connectivity index (χ2n) is 11.9. The van der Waals surface area contributed by atoms with E-state index in [9.17, 15) is 22.8 Å². The van der Waals surface area contributed by atoms with E-state index in [1.165, 1.54) is 24.5 Å². The Bertz CT molecular complexity index is 2040. The molecule has 0 radical (unpaired) electrons. The number of hydrogen-bond donors (Lipinski definition) is 2. The van der Waals surface area contributed by atoms with Crippen molar-refractivity contribution in [3.63, 3.8) is 0 Å². The fraction of sp³-hybridized carbons (Fsp3) is 0.250. The standard InChI is InChI=1S/C36H30F5IN6O3/c37-23-14-21(15-24(38)18-23)16-31(33-26(8-5-13-44-33)22-10-11-29(39)28(17-22)35(50)46-42)45-32(49)19-48-34(27-7-1-2-9-30(27)47-48)36(40,41)51-20-25-6-3-4-12-43-25/h3-6,8,10-15,17-18,31H,1-2,7,9,16,19-20H2,(H,45,49)(H,46,50)/t31-/m0/s1. The van der Waals surface area contributed by atoms with E-state index in [1.54, 1.807) is 53.2 Å². The number of carbonyl (C=O) groups excluding carboxylic acids is 2. The SMILES string of the molecule is O=C(Cn1nc2c(c1C(F)(F)OCc1ccccn1)CCCC2)N[C@@H](Cc1cc(F)cc(F)c1)c1ncccc1-c1ccc(F)c(C(=O)NI)c1.